The average Bonchev–Trinajstić information content (AvgIpc) is 3.20. The predicted octanol–water partition coefficient (Wildman–Crippen LogP) is 2.77. The number of aromatic nitrogens is 2. The standard InChI is InChI=1S/C22H26N4O3S/c1-2-25-12-9-18-13-20(7-8-21(18)25)30(28,29)26-11-4-6-19(16-26)22(27)24-15-17-5-3-10-23-14-17/h3,5,7-10,12-14,19H,2,4,6,11,15-16H2,1H3,(H,24,27)/t19-/m1/s1. The molecule has 0 aliphatic carbocycles. The van der Waals surface area contributed by atoms with Crippen molar-refractivity contribution >= 4 is 26.8 Å². The van der Waals surface area contributed by atoms with Crippen LogP contribution in [-0.2, 0) is 27.9 Å². The molecule has 3 aromatic rings. The van der Waals surface area contributed by atoms with Crippen LogP contribution in [0.1, 0.15) is 25.3 Å². The lowest BCUT2D eigenvalue weighted by Crippen LogP contribution is -2.45. The predicted molar refractivity (Wildman–Crippen MR) is 115 cm³/mol. The van der Waals surface area contributed by atoms with Crippen LogP contribution in [0, 0.1) is 5.92 Å². The summed E-state index contributed by atoms with van der Waals surface area (Å²) in [5, 5.41) is 3.81. The normalized spacial score (nSPS) is 17.8. The summed E-state index contributed by atoms with van der Waals surface area (Å²) >= 11 is 0. The van der Waals surface area contributed by atoms with Crippen molar-refractivity contribution in [2.45, 2.75) is 37.8 Å². The molecule has 4 rings (SSSR count). The minimum absolute atomic E-state index is 0.116. The molecule has 1 atom stereocenters. The van der Waals surface area contributed by atoms with Gasteiger partial charge in [0.05, 0.1) is 10.8 Å². The van der Waals surface area contributed by atoms with E-state index in [2.05, 4.69) is 21.8 Å². The molecule has 7 nitrogen and oxygen atoms in total. The smallest absolute Gasteiger partial charge is 0.243 e. The lowest BCUT2D eigenvalue weighted by molar-refractivity contribution is -0.126. The topological polar surface area (TPSA) is 84.3 Å². The molecular formula is C22H26N4O3S. The van der Waals surface area contributed by atoms with Crippen molar-refractivity contribution in [2.75, 3.05) is 13.1 Å². The Morgan fingerprint density at radius 1 is 1.27 bits per heavy atom. The van der Waals surface area contributed by atoms with Crippen molar-refractivity contribution in [1.82, 2.24) is 19.2 Å². The van der Waals surface area contributed by atoms with Crippen LogP contribution in [-0.4, -0.2) is 41.3 Å². The number of carbonyl (C=O) groups is 1. The van der Waals surface area contributed by atoms with Crippen molar-refractivity contribution in [3.05, 3.63) is 60.6 Å². The number of nitrogens with one attached hydrogen (secondary N) is 1. The number of fused-ring (bicyclic) bond motifs is 1. The van der Waals surface area contributed by atoms with E-state index in [1.165, 1.54) is 4.31 Å². The number of rotatable bonds is 6. The number of sulfonamides is 1. The number of aryl methyl sites for hydroxylation is 1. The van der Waals surface area contributed by atoms with Crippen molar-refractivity contribution in [2.24, 2.45) is 5.92 Å². The zero-order chi connectivity index (χ0) is 21.1. The van der Waals surface area contributed by atoms with E-state index in [1.807, 2.05) is 30.5 Å². The van der Waals surface area contributed by atoms with Crippen LogP contribution in [0.3, 0.4) is 0 Å². The van der Waals surface area contributed by atoms with E-state index in [0.29, 0.717) is 25.9 Å². The molecule has 158 valence electrons. The summed E-state index contributed by atoms with van der Waals surface area (Å²) in [6, 6.07) is 10.9. The molecule has 1 N–H and O–H groups in total. The molecule has 0 radical (unpaired) electrons. The zero-order valence-electron chi connectivity index (χ0n) is 17.0. The first-order valence-electron chi connectivity index (χ1n) is 10.2. The molecule has 1 aliphatic rings. The third-order valence-electron chi connectivity index (χ3n) is 5.67. The largest absolute Gasteiger partial charge is 0.352 e. The number of carbonyl (C=O) groups excluding carboxylic acids is 1. The summed E-state index contributed by atoms with van der Waals surface area (Å²) in [6.45, 7) is 3.91. The second-order valence-electron chi connectivity index (χ2n) is 7.60. The molecule has 0 unspecified atom stereocenters. The van der Waals surface area contributed by atoms with Crippen molar-refractivity contribution in [1.29, 1.82) is 0 Å². The summed E-state index contributed by atoms with van der Waals surface area (Å²) in [5.41, 5.74) is 1.93. The van der Waals surface area contributed by atoms with E-state index < -0.39 is 10.0 Å². The highest BCUT2D eigenvalue weighted by Crippen LogP contribution is 2.27. The average molecular weight is 427 g/mol. The van der Waals surface area contributed by atoms with Crippen molar-refractivity contribution in [3.63, 3.8) is 0 Å². The zero-order valence-corrected chi connectivity index (χ0v) is 17.8. The van der Waals surface area contributed by atoms with E-state index >= 15 is 0 Å². The Kier molecular flexibility index (Phi) is 5.87. The summed E-state index contributed by atoms with van der Waals surface area (Å²) < 4.78 is 30.0. The monoisotopic (exact) mass is 426 g/mol. The first-order chi connectivity index (χ1) is 14.5. The van der Waals surface area contributed by atoms with Crippen molar-refractivity contribution < 1.29 is 13.2 Å². The Morgan fingerprint density at radius 3 is 2.90 bits per heavy atom. The molecule has 3 heterocycles. The van der Waals surface area contributed by atoms with Gasteiger partial charge in [-0.1, -0.05) is 6.07 Å². The second-order valence-corrected chi connectivity index (χ2v) is 9.54. The third-order valence-corrected chi connectivity index (χ3v) is 7.53. The van der Waals surface area contributed by atoms with E-state index in [1.54, 1.807) is 24.5 Å². The molecule has 2 aromatic heterocycles. The Labute approximate surface area is 176 Å². The van der Waals surface area contributed by atoms with Crippen LogP contribution in [0.25, 0.3) is 10.9 Å². The summed E-state index contributed by atoms with van der Waals surface area (Å²) in [7, 11) is -3.65. The second kappa shape index (κ2) is 8.57. The fourth-order valence-electron chi connectivity index (χ4n) is 3.97. The van der Waals surface area contributed by atoms with Crippen LogP contribution >= 0.6 is 0 Å². The van der Waals surface area contributed by atoms with Gasteiger partial charge in [0.1, 0.15) is 0 Å². The number of hydrogen-bond donors (Lipinski definition) is 1. The van der Waals surface area contributed by atoms with Gasteiger partial charge in [0, 0.05) is 55.7 Å². The Balaban J connectivity index is 1.47. The van der Waals surface area contributed by atoms with E-state index in [4.69, 9.17) is 0 Å². The van der Waals surface area contributed by atoms with Gasteiger partial charge in [-0.15, -0.1) is 0 Å². The minimum atomic E-state index is -3.65. The summed E-state index contributed by atoms with van der Waals surface area (Å²) in [4.78, 5) is 17.0. The number of benzene rings is 1. The molecule has 30 heavy (non-hydrogen) atoms. The number of pyridine rings is 1. The first kappa shape index (κ1) is 20.6. The fourth-order valence-corrected chi connectivity index (χ4v) is 5.53. The third kappa shape index (κ3) is 4.11. The van der Waals surface area contributed by atoms with Crippen molar-refractivity contribution in [3.8, 4) is 0 Å². The van der Waals surface area contributed by atoms with Gasteiger partial charge in [-0.25, -0.2) is 8.42 Å². The van der Waals surface area contributed by atoms with Crippen LogP contribution in [0.5, 0.6) is 0 Å². The molecule has 0 spiro atoms. The lowest BCUT2D eigenvalue weighted by atomic mass is 9.99. The number of nitrogens with zero attached hydrogens (tertiary/aromatic N) is 3. The molecule has 0 saturated carbocycles. The number of hydrogen-bond acceptors (Lipinski definition) is 4. The number of amides is 1. The fraction of sp³-hybridized carbons (Fsp3) is 0.364. The van der Waals surface area contributed by atoms with Gasteiger partial charge in [0.25, 0.3) is 0 Å². The molecule has 1 aliphatic heterocycles. The Bertz CT molecular complexity index is 1140. The molecule has 1 saturated heterocycles. The van der Waals surface area contributed by atoms with Crippen LogP contribution in [0.4, 0.5) is 0 Å². The maximum atomic E-state index is 13.2. The summed E-state index contributed by atoms with van der Waals surface area (Å²) in [5.74, 6) is -0.468. The van der Waals surface area contributed by atoms with E-state index in [-0.39, 0.29) is 23.3 Å². The Hall–Kier alpha value is -2.71. The lowest BCUT2D eigenvalue weighted by Gasteiger charge is -2.31. The van der Waals surface area contributed by atoms with E-state index in [0.717, 1.165) is 23.0 Å². The van der Waals surface area contributed by atoms with Gasteiger partial charge >= 0.3 is 0 Å². The molecule has 1 amide bonds. The molecule has 1 fully saturated rings. The van der Waals surface area contributed by atoms with Gasteiger partial charge in [0.15, 0.2) is 0 Å². The first-order valence-corrected chi connectivity index (χ1v) is 11.7. The minimum Gasteiger partial charge on any atom is -0.352 e. The van der Waals surface area contributed by atoms with Crippen LogP contribution in [0.15, 0.2) is 59.9 Å². The van der Waals surface area contributed by atoms with Gasteiger partial charge in [0.2, 0.25) is 15.9 Å². The Morgan fingerprint density at radius 2 is 2.13 bits per heavy atom. The molecule has 0 bridgehead atoms. The van der Waals surface area contributed by atoms with E-state index in [9.17, 15) is 13.2 Å². The SMILES string of the molecule is CCn1ccc2cc(S(=O)(=O)N3CCC[C@@H](C(=O)NCc4cccnc4)C3)ccc21. The quantitative estimate of drug-likeness (QED) is 0.657. The van der Waals surface area contributed by atoms with Gasteiger partial charge in [-0.05, 0) is 55.7 Å². The highest BCUT2D eigenvalue weighted by Gasteiger charge is 2.33. The molecular weight excluding hydrogens is 400 g/mol. The number of piperidine rings is 1. The highest BCUT2D eigenvalue weighted by molar-refractivity contribution is 7.89. The molecule has 1 aromatic carbocycles. The van der Waals surface area contributed by atoms with Gasteiger partial charge in [-0.2, -0.15) is 4.31 Å². The maximum Gasteiger partial charge on any atom is 0.243 e. The molecule has 8 heteroatoms. The van der Waals surface area contributed by atoms with Gasteiger partial charge < -0.3 is 9.88 Å². The van der Waals surface area contributed by atoms with Crippen LogP contribution < -0.4 is 5.32 Å². The van der Waals surface area contributed by atoms with Gasteiger partial charge in [-0.3, -0.25) is 9.78 Å². The summed E-state index contributed by atoms with van der Waals surface area (Å²) in [6.07, 6.45) is 6.70. The highest BCUT2D eigenvalue weighted by atomic mass is 32.2. The maximum absolute atomic E-state index is 13.2. The van der Waals surface area contributed by atoms with Crippen LogP contribution in [0.2, 0.25) is 0 Å².